The fourth-order valence-electron chi connectivity index (χ4n) is 1.58. The van der Waals surface area contributed by atoms with Crippen molar-refractivity contribution in [1.82, 2.24) is 5.32 Å². The SMILES string of the molecule is COCCC(C)(O)CNCc1ccc(C#N)cc1. The second-order valence-corrected chi connectivity index (χ2v) is 4.65. The van der Waals surface area contributed by atoms with Crippen LogP contribution in [0.4, 0.5) is 0 Å². The summed E-state index contributed by atoms with van der Waals surface area (Å²) in [5.74, 6) is 0. The minimum atomic E-state index is -0.761. The van der Waals surface area contributed by atoms with Crippen LogP contribution in [0.5, 0.6) is 0 Å². The number of rotatable bonds is 7. The molecule has 1 aromatic carbocycles. The zero-order chi connectivity index (χ0) is 13.4. The first-order valence-electron chi connectivity index (χ1n) is 5.98. The van der Waals surface area contributed by atoms with E-state index in [1.54, 1.807) is 26.2 Å². The maximum Gasteiger partial charge on any atom is 0.0991 e. The van der Waals surface area contributed by atoms with Crippen molar-refractivity contribution in [3.05, 3.63) is 35.4 Å². The van der Waals surface area contributed by atoms with E-state index in [1.165, 1.54) is 0 Å². The molecule has 18 heavy (non-hydrogen) atoms. The molecule has 0 radical (unpaired) electrons. The van der Waals surface area contributed by atoms with Crippen LogP contribution >= 0.6 is 0 Å². The predicted octanol–water partition coefficient (Wildman–Crippen LogP) is 1.44. The lowest BCUT2D eigenvalue weighted by Gasteiger charge is -2.23. The van der Waals surface area contributed by atoms with Crippen molar-refractivity contribution in [2.75, 3.05) is 20.3 Å². The molecule has 0 fully saturated rings. The molecule has 98 valence electrons. The Morgan fingerprint density at radius 1 is 1.39 bits per heavy atom. The number of nitriles is 1. The molecule has 0 saturated heterocycles. The second-order valence-electron chi connectivity index (χ2n) is 4.65. The quantitative estimate of drug-likeness (QED) is 0.766. The Morgan fingerprint density at radius 2 is 2.06 bits per heavy atom. The number of hydrogen-bond donors (Lipinski definition) is 2. The predicted molar refractivity (Wildman–Crippen MR) is 70.0 cm³/mol. The van der Waals surface area contributed by atoms with Gasteiger partial charge in [0.05, 0.1) is 17.2 Å². The summed E-state index contributed by atoms with van der Waals surface area (Å²) in [7, 11) is 1.63. The van der Waals surface area contributed by atoms with Gasteiger partial charge in [-0.2, -0.15) is 5.26 Å². The van der Waals surface area contributed by atoms with E-state index >= 15 is 0 Å². The first-order valence-corrected chi connectivity index (χ1v) is 5.98. The van der Waals surface area contributed by atoms with Gasteiger partial charge in [0.15, 0.2) is 0 Å². The highest BCUT2D eigenvalue weighted by Crippen LogP contribution is 2.08. The number of ether oxygens (including phenoxy) is 1. The van der Waals surface area contributed by atoms with Crippen LogP contribution in [0, 0.1) is 11.3 Å². The van der Waals surface area contributed by atoms with Gasteiger partial charge in [0.25, 0.3) is 0 Å². The Morgan fingerprint density at radius 3 is 2.61 bits per heavy atom. The number of nitrogens with one attached hydrogen (secondary N) is 1. The van der Waals surface area contributed by atoms with Gasteiger partial charge in [-0.15, -0.1) is 0 Å². The average molecular weight is 248 g/mol. The molecule has 0 amide bonds. The third kappa shape index (κ3) is 5.28. The standard InChI is InChI=1S/C14H20N2O2/c1-14(17,7-8-18-2)11-16-10-13-5-3-12(9-15)4-6-13/h3-6,16-17H,7-8,10-11H2,1-2H3. The van der Waals surface area contributed by atoms with Crippen molar-refractivity contribution >= 4 is 0 Å². The topological polar surface area (TPSA) is 65.3 Å². The molecule has 0 aliphatic rings. The largest absolute Gasteiger partial charge is 0.389 e. The van der Waals surface area contributed by atoms with Crippen molar-refractivity contribution in [2.45, 2.75) is 25.5 Å². The number of nitrogens with zero attached hydrogens (tertiary/aromatic N) is 1. The summed E-state index contributed by atoms with van der Waals surface area (Å²) in [5.41, 5.74) is 0.991. The average Bonchev–Trinajstić information content (AvgIpc) is 2.37. The van der Waals surface area contributed by atoms with Crippen LogP contribution in [0.2, 0.25) is 0 Å². The molecule has 0 aromatic heterocycles. The van der Waals surface area contributed by atoms with Crippen molar-refractivity contribution in [3.8, 4) is 6.07 Å². The van der Waals surface area contributed by atoms with E-state index < -0.39 is 5.60 Å². The number of methoxy groups -OCH3 is 1. The fraction of sp³-hybridized carbons (Fsp3) is 0.500. The molecule has 4 nitrogen and oxygen atoms in total. The van der Waals surface area contributed by atoms with Gasteiger partial charge in [-0.05, 0) is 24.6 Å². The number of aliphatic hydroxyl groups is 1. The van der Waals surface area contributed by atoms with E-state index in [-0.39, 0.29) is 0 Å². The van der Waals surface area contributed by atoms with Gasteiger partial charge in [0.2, 0.25) is 0 Å². The van der Waals surface area contributed by atoms with E-state index in [9.17, 15) is 5.11 Å². The van der Waals surface area contributed by atoms with Gasteiger partial charge in [-0.25, -0.2) is 0 Å². The summed E-state index contributed by atoms with van der Waals surface area (Å²) in [4.78, 5) is 0. The van der Waals surface area contributed by atoms with Gasteiger partial charge < -0.3 is 15.2 Å². The van der Waals surface area contributed by atoms with Crippen LogP contribution < -0.4 is 5.32 Å². The molecule has 4 heteroatoms. The smallest absolute Gasteiger partial charge is 0.0991 e. The monoisotopic (exact) mass is 248 g/mol. The van der Waals surface area contributed by atoms with Crippen LogP contribution in [0.15, 0.2) is 24.3 Å². The highest BCUT2D eigenvalue weighted by Gasteiger charge is 2.18. The first kappa shape index (κ1) is 14.7. The van der Waals surface area contributed by atoms with Gasteiger partial charge in [-0.1, -0.05) is 12.1 Å². The summed E-state index contributed by atoms with van der Waals surface area (Å²) < 4.78 is 4.95. The lowest BCUT2D eigenvalue weighted by molar-refractivity contribution is 0.0247. The van der Waals surface area contributed by atoms with E-state index in [0.29, 0.717) is 31.7 Å². The summed E-state index contributed by atoms with van der Waals surface area (Å²) in [6, 6.07) is 9.49. The van der Waals surface area contributed by atoms with Gasteiger partial charge in [-0.3, -0.25) is 0 Å². The Hall–Kier alpha value is -1.41. The van der Waals surface area contributed by atoms with Gasteiger partial charge in [0.1, 0.15) is 0 Å². The molecular formula is C14H20N2O2. The van der Waals surface area contributed by atoms with Crippen molar-refractivity contribution in [3.63, 3.8) is 0 Å². The molecular weight excluding hydrogens is 228 g/mol. The maximum atomic E-state index is 10.0. The molecule has 1 aromatic rings. The third-order valence-electron chi connectivity index (χ3n) is 2.76. The molecule has 0 saturated carbocycles. The van der Waals surface area contributed by atoms with E-state index in [0.717, 1.165) is 5.56 Å². The Balaban J connectivity index is 2.34. The normalized spacial score (nSPS) is 13.9. The van der Waals surface area contributed by atoms with Gasteiger partial charge >= 0.3 is 0 Å². The van der Waals surface area contributed by atoms with Gasteiger partial charge in [0, 0.05) is 33.2 Å². The van der Waals surface area contributed by atoms with Crippen molar-refractivity contribution in [2.24, 2.45) is 0 Å². The zero-order valence-corrected chi connectivity index (χ0v) is 10.9. The van der Waals surface area contributed by atoms with Crippen molar-refractivity contribution < 1.29 is 9.84 Å². The second kappa shape index (κ2) is 7.12. The molecule has 0 aliphatic heterocycles. The minimum absolute atomic E-state index is 0.510. The first-order chi connectivity index (χ1) is 8.57. The van der Waals surface area contributed by atoms with E-state index in [2.05, 4.69) is 11.4 Å². The van der Waals surface area contributed by atoms with E-state index in [4.69, 9.17) is 10.00 Å². The zero-order valence-electron chi connectivity index (χ0n) is 10.9. The molecule has 0 spiro atoms. The third-order valence-corrected chi connectivity index (χ3v) is 2.76. The molecule has 0 heterocycles. The van der Waals surface area contributed by atoms with Crippen LogP contribution in [0.25, 0.3) is 0 Å². The Kier molecular flexibility index (Phi) is 5.79. The number of hydrogen-bond acceptors (Lipinski definition) is 4. The highest BCUT2D eigenvalue weighted by molar-refractivity contribution is 5.31. The lowest BCUT2D eigenvalue weighted by Crippen LogP contribution is -2.38. The van der Waals surface area contributed by atoms with Crippen molar-refractivity contribution in [1.29, 1.82) is 5.26 Å². The summed E-state index contributed by atoms with van der Waals surface area (Å²) in [6.07, 6.45) is 0.601. The molecule has 0 aliphatic carbocycles. The molecule has 2 N–H and O–H groups in total. The molecule has 1 rings (SSSR count). The van der Waals surface area contributed by atoms with Crippen LogP contribution in [0.1, 0.15) is 24.5 Å². The molecule has 0 bridgehead atoms. The summed E-state index contributed by atoms with van der Waals surface area (Å²) in [5, 5.41) is 21.9. The highest BCUT2D eigenvalue weighted by atomic mass is 16.5. The summed E-state index contributed by atoms with van der Waals surface area (Å²) >= 11 is 0. The Labute approximate surface area is 108 Å². The molecule has 1 atom stereocenters. The van der Waals surface area contributed by atoms with Crippen LogP contribution in [-0.4, -0.2) is 31.0 Å². The number of benzene rings is 1. The summed E-state index contributed by atoms with van der Waals surface area (Å²) in [6.45, 7) is 3.52. The Bertz CT molecular complexity index is 393. The molecule has 1 unspecified atom stereocenters. The van der Waals surface area contributed by atoms with Crippen LogP contribution in [0.3, 0.4) is 0 Å². The lowest BCUT2D eigenvalue weighted by atomic mass is 10.0. The van der Waals surface area contributed by atoms with E-state index in [1.807, 2.05) is 12.1 Å². The maximum absolute atomic E-state index is 10.0. The minimum Gasteiger partial charge on any atom is -0.389 e. The fourth-order valence-corrected chi connectivity index (χ4v) is 1.58. The van der Waals surface area contributed by atoms with Crippen LogP contribution in [-0.2, 0) is 11.3 Å².